The number of fused-ring (bicyclic) bond motifs is 7. The highest BCUT2D eigenvalue weighted by atomic mass is 127. The Morgan fingerprint density at radius 3 is 2.28 bits per heavy atom. The summed E-state index contributed by atoms with van der Waals surface area (Å²) in [4.78, 5) is 39.8. The molecule has 9 heteroatoms. The summed E-state index contributed by atoms with van der Waals surface area (Å²) in [5, 5.41) is 17.4. The van der Waals surface area contributed by atoms with Crippen molar-refractivity contribution in [2.24, 2.45) is 63.1 Å². The van der Waals surface area contributed by atoms with Gasteiger partial charge in [0.1, 0.15) is 5.82 Å². The van der Waals surface area contributed by atoms with Gasteiger partial charge in [-0.05, 0) is 171 Å². The fourth-order valence-corrected chi connectivity index (χ4v) is 16.2. The Labute approximate surface area is 353 Å². The molecule has 310 valence electrons. The first-order chi connectivity index (χ1) is 27.0. The van der Waals surface area contributed by atoms with Gasteiger partial charge in [-0.15, -0.1) is 0 Å². The molecule has 0 bridgehead atoms. The van der Waals surface area contributed by atoms with Crippen molar-refractivity contribution in [2.45, 2.75) is 128 Å². The Bertz CT molecular complexity index is 1900. The van der Waals surface area contributed by atoms with Crippen LogP contribution >= 0.6 is 22.6 Å². The smallest absolute Gasteiger partial charge is 0.337 e. The zero-order valence-electron chi connectivity index (χ0n) is 34.9. The van der Waals surface area contributed by atoms with Crippen LogP contribution in [-0.4, -0.2) is 46.1 Å². The van der Waals surface area contributed by atoms with Gasteiger partial charge in [0.05, 0.1) is 24.2 Å². The third kappa shape index (κ3) is 6.60. The molecule has 2 aromatic carbocycles. The molecule has 2 amide bonds. The molecule has 57 heavy (non-hydrogen) atoms. The number of methoxy groups -OCH3 is 1. The quantitative estimate of drug-likeness (QED) is 0.132. The maximum Gasteiger partial charge on any atom is 0.337 e. The SMILES string of the molecule is COC(=O)c1ccc(CCNC(=O)c2ccc(F)c(CNC(=O)C34CCC(C5CC5C)C3C3CCC5C6(C)CCC(O)C(C)(C)C6CCC5(C)C3(I)CC4)c2)cc1. The van der Waals surface area contributed by atoms with Gasteiger partial charge in [-0.1, -0.05) is 69.3 Å². The summed E-state index contributed by atoms with van der Waals surface area (Å²) >= 11 is 2.94. The van der Waals surface area contributed by atoms with E-state index in [1.807, 2.05) is 12.1 Å². The Balaban J connectivity index is 0.978. The highest BCUT2D eigenvalue weighted by Crippen LogP contribution is 2.77. The van der Waals surface area contributed by atoms with Crippen LogP contribution in [0.4, 0.5) is 4.39 Å². The van der Waals surface area contributed by atoms with Gasteiger partial charge in [0, 0.05) is 27.6 Å². The topological polar surface area (TPSA) is 105 Å². The second-order valence-corrected chi connectivity index (χ2v) is 22.4. The van der Waals surface area contributed by atoms with Crippen LogP contribution in [0.1, 0.15) is 137 Å². The molecule has 0 aliphatic heterocycles. The fourth-order valence-electron chi connectivity index (χ4n) is 14.5. The summed E-state index contributed by atoms with van der Waals surface area (Å²) in [7, 11) is 1.35. The van der Waals surface area contributed by atoms with Crippen LogP contribution < -0.4 is 10.6 Å². The molecule has 0 spiro atoms. The maximum absolute atomic E-state index is 15.4. The van der Waals surface area contributed by atoms with E-state index in [0.717, 1.165) is 50.5 Å². The molecule has 7 nitrogen and oxygen atoms in total. The van der Waals surface area contributed by atoms with Crippen molar-refractivity contribution in [1.29, 1.82) is 0 Å². The summed E-state index contributed by atoms with van der Waals surface area (Å²) in [6.07, 6.45) is 12.2. The number of ether oxygens (including phenoxy) is 1. The number of halogens is 2. The minimum Gasteiger partial charge on any atom is -0.465 e. The first kappa shape index (κ1) is 41.2. The second-order valence-electron chi connectivity index (χ2n) is 20.4. The molecule has 12 atom stereocenters. The number of carbonyl (C=O) groups excluding carboxylic acids is 3. The van der Waals surface area contributed by atoms with E-state index in [1.165, 1.54) is 44.9 Å². The summed E-state index contributed by atoms with van der Waals surface area (Å²) in [6.45, 7) is 12.7. The molecule has 0 radical (unpaired) electrons. The lowest BCUT2D eigenvalue weighted by Crippen LogP contribution is -2.69. The van der Waals surface area contributed by atoms with E-state index in [-0.39, 0.29) is 44.1 Å². The Kier molecular flexibility index (Phi) is 10.8. The van der Waals surface area contributed by atoms with Gasteiger partial charge in [-0.3, -0.25) is 9.59 Å². The summed E-state index contributed by atoms with van der Waals surface area (Å²) < 4.78 is 20.2. The molecule has 12 unspecified atom stereocenters. The average Bonchev–Trinajstić information content (AvgIpc) is 3.78. The van der Waals surface area contributed by atoms with E-state index in [9.17, 15) is 19.5 Å². The molecule has 0 saturated heterocycles. The van der Waals surface area contributed by atoms with Crippen LogP contribution in [-0.2, 0) is 22.5 Å². The van der Waals surface area contributed by atoms with E-state index >= 15 is 4.39 Å². The molecule has 6 saturated carbocycles. The van der Waals surface area contributed by atoms with Crippen LogP contribution in [0.25, 0.3) is 0 Å². The van der Waals surface area contributed by atoms with Crippen molar-refractivity contribution in [2.75, 3.05) is 13.7 Å². The molecule has 6 aliphatic carbocycles. The first-order valence-electron chi connectivity index (χ1n) is 21.9. The number of aliphatic hydroxyl groups is 1. The van der Waals surface area contributed by atoms with Crippen LogP contribution in [0.3, 0.4) is 0 Å². The summed E-state index contributed by atoms with van der Waals surface area (Å²) in [6, 6.07) is 11.5. The van der Waals surface area contributed by atoms with Gasteiger partial charge in [0.25, 0.3) is 5.91 Å². The van der Waals surface area contributed by atoms with Gasteiger partial charge in [-0.2, -0.15) is 0 Å². The predicted octanol–water partition coefficient (Wildman–Crippen LogP) is 9.47. The third-order valence-electron chi connectivity index (χ3n) is 17.7. The van der Waals surface area contributed by atoms with E-state index in [1.54, 1.807) is 18.2 Å². The Hall–Kier alpha value is -2.53. The minimum absolute atomic E-state index is 0.0541. The zero-order valence-corrected chi connectivity index (χ0v) is 37.1. The van der Waals surface area contributed by atoms with Crippen LogP contribution in [0, 0.1) is 68.9 Å². The maximum atomic E-state index is 15.4. The van der Waals surface area contributed by atoms with Gasteiger partial charge >= 0.3 is 5.97 Å². The van der Waals surface area contributed by atoms with Crippen molar-refractivity contribution in [1.82, 2.24) is 10.6 Å². The van der Waals surface area contributed by atoms with Crippen molar-refractivity contribution >= 4 is 40.4 Å². The number of aliphatic hydroxyl groups excluding tert-OH is 1. The van der Waals surface area contributed by atoms with Gasteiger partial charge in [-0.25, -0.2) is 9.18 Å². The van der Waals surface area contributed by atoms with Crippen LogP contribution in [0.5, 0.6) is 0 Å². The van der Waals surface area contributed by atoms with Crippen LogP contribution in [0.15, 0.2) is 42.5 Å². The number of hydrogen-bond acceptors (Lipinski definition) is 5. The molecule has 8 rings (SSSR count). The largest absolute Gasteiger partial charge is 0.465 e. The van der Waals surface area contributed by atoms with E-state index < -0.39 is 17.2 Å². The van der Waals surface area contributed by atoms with Gasteiger partial charge in [0.15, 0.2) is 0 Å². The van der Waals surface area contributed by atoms with E-state index in [0.29, 0.717) is 71.1 Å². The fraction of sp³-hybridized carbons (Fsp3) is 0.688. The second kappa shape index (κ2) is 14.9. The number of carbonyl (C=O) groups is 3. The van der Waals surface area contributed by atoms with Gasteiger partial charge < -0.3 is 20.5 Å². The Morgan fingerprint density at radius 2 is 1.58 bits per heavy atom. The highest BCUT2D eigenvalue weighted by Gasteiger charge is 2.73. The number of hydrogen-bond donors (Lipinski definition) is 3. The molecule has 2 aromatic rings. The van der Waals surface area contributed by atoms with Crippen molar-refractivity contribution < 1.29 is 28.6 Å². The molecule has 6 fully saturated rings. The van der Waals surface area contributed by atoms with E-state index in [2.05, 4.69) is 67.8 Å². The number of rotatable bonds is 9. The molecular weight excluding hydrogens is 830 g/mol. The molecular formula is C48H64FIN2O5. The molecule has 0 aromatic heterocycles. The number of amides is 2. The lowest BCUT2D eigenvalue weighted by molar-refractivity contribution is -0.204. The van der Waals surface area contributed by atoms with Crippen molar-refractivity contribution in [3.63, 3.8) is 0 Å². The predicted molar refractivity (Wildman–Crippen MR) is 228 cm³/mol. The lowest BCUT2D eigenvalue weighted by atomic mass is 9.36. The number of nitrogens with one attached hydrogen (secondary N) is 2. The van der Waals surface area contributed by atoms with Crippen molar-refractivity contribution in [3.05, 3.63) is 70.5 Å². The number of benzene rings is 2. The van der Waals surface area contributed by atoms with Crippen LogP contribution in [0.2, 0.25) is 0 Å². The normalized spacial score (nSPS) is 40.1. The monoisotopic (exact) mass is 894 g/mol. The molecule has 0 heterocycles. The molecule has 3 N–H and O–H groups in total. The van der Waals surface area contributed by atoms with Gasteiger partial charge in [0.2, 0.25) is 5.91 Å². The van der Waals surface area contributed by atoms with E-state index in [4.69, 9.17) is 4.74 Å². The standard InChI is InChI=1S/C48H64FIN2O5/c1-28-25-34(28)33-15-21-47(22-23-48(50)35(40(33)47)12-14-38-45(4)19-17-39(53)44(2,3)37(45)16-20-46(38,48)5)43(56)52-27-32-26-31(11-13-36(32)49)41(54)51-24-18-29-7-9-30(10-8-29)42(55)57-6/h7-11,13,26,28,33-35,37-40,53H,12,14-25,27H2,1-6H3,(H,51,54)(H,52,56). The first-order valence-corrected chi connectivity index (χ1v) is 23.0. The highest BCUT2D eigenvalue weighted by molar-refractivity contribution is 14.1. The average molecular weight is 895 g/mol. The third-order valence-corrected chi connectivity index (χ3v) is 20.3. The summed E-state index contributed by atoms with van der Waals surface area (Å²) in [5.41, 5.74) is 1.97. The molecule has 6 aliphatic rings. The number of esters is 1. The van der Waals surface area contributed by atoms with Crippen molar-refractivity contribution in [3.8, 4) is 0 Å². The zero-order chi connectivity index (χ0) is 40.7. The Morgan fingerprint density at radius 1 is 0.860 bits per heavy atom. The summed E-state index contributed by atoms with van der Waals surface area (Å²) in [5.74, 6) is 2.84. The minimum atomic E-state index is -0.450. The lowest BCUT2D eigenvalue weighted by Gasteiger charge is -2.72. The number of alkyl halides is 1.